The Labute approximate surface area is 152 Å². The van der Waals surface area contributed by atoms with Gasteiger partial charge in [-0.2, -0.15) is 13.2 Å². The van der Waals surface area contributed by atoms with Crippen LogP contribution in [0.15, 0.2) is 55.1 Å². The minimum absolute atomic E-state index is 0.0420. The van der Waals surface area contributed by atoms with E-state index in [0.717, 1.165) is 25.5 Å². The molecular weight excluding hydrogens is 345 g/mol. The molecule has 0 N–H and O–H groups in total. The van der Waals surface area contributed by atoms with E-state index in [1.54, 1.807) is 12.1 Å². The summed E-state index contributed by atoms with van der Waals surface area (Å²) in [7, 11) is 0.850. The van der Waals surface area contributed by atoms with E-state index in [9.17, 15) is 18.0 Å². The minimum Gasteiger partial charge on any atom is -0.463 e. The van der Waals surface area contributed by atoms with Crippen LogP contribution in [0.3, 0.4) is 0 Å². The van der Waals surface area contributed by atoms with Crippen molar-refractivity contribution in [2.45, 2.75) is 38.0 Å². The summed E-state index contributed by atoms with van der Waals surface area (Å²) < 4.78 is 50.9. The Kier molecular flexibility index (Phi) is 8.08. The van der Waals surface area contributed by atoms with Crippen LogP contribution in [0.2, 0.25) is 0 Å². The molecule has 2 atom stereocenters. The lowest BCUT2D eigenvalue weighted by molar-refractivity contribution is -0.276. The van der Waals surface area contributed by atoms with E-state index in [1.165, 1.54) is 24.3 Å². The molecule has 0 fully saturated rings. The maximum absolute atomic E-state index is 13.7. The lowest BCUT2D eigenvalue weighted by Gasteiger charge is -2.32. The standard InChI is InChI=1S/C20H25F3O3/c1-5-6-10-16(15(2)3)13-14-26-18(24)19(25-4,20(21,22)23)17-11-8-7-9-12-17/h5,7-9,11-12,16H,1-2,6,10,13-14H2,3-4H3/t16-,19+/m1/s1. The zero-order chi connectivity index (χ0) is 19.8. The smallest absolute Gasteiger partial charge is 0.432 e. The molecule has 0 spiro atoms. The number of hydrogen-bond acceptors (Lipinski definition) is 3. The van der Waals surface area contributed by atoms with Gasteiger partial charge in [0, 0.05) is 12.7 Å². The summed E-state index contributed by atoms with van der Waals surface area (Å²) in [6.45, 7) is 9.22. The molecule has 0 amide bonds. The number of carbonyl (C=O) groups is 1. The van der Waals surface area contributed by atoms with E-state index < -0.39 is 17.7 Å². The summed E-state index contributed by atoms with van der Waals surface area (Å²) in [4.78, 5) is 12.4. The summed E-state index contributed by atoms with van der Waals surface area (Å²) in [5, 5.41) is 0. The highest BCUT2D eigenvalue weighted by Crippen LogP contribution is 2.43. The molecule has 0 bridgehead atoms. The third kappa shape index (κ3) is 4.97. The fourth-order valence-electron chi connectivity index (χ4n) is 2.74. The van der Waals surface area contributed by atoms with Crippen molar-refractivity contribution in [2.24, 2.45) is 5.92 Å². The first-order chi connectivity index (χ1) is 12.2. The van der Waals surface area contributed by atoms with Gasteiger partial charge in [-0.15, -0.1) is 6.58 Å². The van der Waals surface area contributed by atoms with Gasteiger partial charge in [0.05, 0.1) is 6.61 Å². The third-order valence-electron chi connectivity index (χ3n) is 4.29. The van der Waals surface area contributed by atoms with Gasteiger partial charge in [-0.25, -0.2) is 4.79 Å². The monoisotopic (exact) mass is 370 g/mol. The molecule has 0 aromatic heterocycles. The average molecular weight is 370 g/mol. The number of ether oxygens (including phenoxy) is 2. The second-order valence-electron chi connectivity index (χ2n) is 6.08. The minimum atomic E-state index is -4.96. The summed E-state index contributed by atoms with van der Waals surface area (Å²) in [5.74, 6) is -1.43. The molecule has 0 saturated heterocycles. The number of rotatable bonds is 10. The van der Waals surface area contributed by atoms with Gasteiger partial charge < -0.3 is 9.47 Å². The molecule has 6 heteroatoms. The number of allylic oxidation sites excluding steroid dienone is 2. The maximum Gasteiger partial charge on any atom is 0.432 e. The Bertz CT molecular complexity index is 610. The van der Waals surface area contributed by atoms with Crippen molar-refractivity contribution in [2.75, 3.05) is 13.7 Å². The van der Waals surface area contributed by atoms with Crippen molar-refractivity contribution < 1.29 is 27.4 Å². The molecular formula is C20H25F3O3. The van der Waals surface area contributed by atoms with Gasteiger partial charge in [0.25, 0.3) is 5.60 Å². The molecule has 26 heavy (non-hydrogen) atoms. The molecule has 0 aliphatic heterocycles. The Balaban J connectivity index is 2.94. The van der Waals surface area contributed by atoms with E-state index in [1.807, 2.05) is 6.92 Å². The van der Waals surface area contributed by atoms with Crippen LogP contribution in [-0.2, 0) is 19.9 Å². The summed E-state index contributed by atoms with van der Waals surface area (Å²) >= 11 is 0. The van der Waals surface area contributed by atoms with Crippen molar-refractivity contribution in [3.8, 4) is 0 Å². The molecule has 3 nitrogen and oxygen atoms in total. The van der Waals surface area contributed by atoms with Gasteiger partial charge in [-0.05, 0) is 32.1 Å². The first kappa shape index (κ1) is 22.0. The Morgan fingerprint density at radius 3 is 2.31 bits per heavy atom. The summed E-state index contributed by atoms with van der Waals surface area (Å²) in [5.41, 5.74) is -2.57. The molecule has 1 rings (SSSR count). The molecule has 0 saturated carbocycles. The molecule has 1 aromatic carbocycles. The number of methoxy groups -OCH3 is 1. The Morgan fingerprint density at radius 2 is 1.85 bits per heavy atom. The largest absolute Gasteiger partial charge is 0.463 e. The van der Waals surface area contributed by atoms with E-state index in [-0.39, 0.29) is 18.1 Å². The van der Waals surface area contributed by atoms with Crippen LogP contribution in [0.5, 0.6) is 0 Å². The van der Waals surface area contributed by atoms with Gasteiger partial charge in [0.15, 0.2) is 0 Å². The van der Waals surface area contributed by atoms with Crippen LogP contribution < -0.4 is 0 Å². The number of benzene rings is 1. The first-order valence-electron chi connectivity index (χ1n) is 8.31. The van der Waals surface area contributed by atoms with Crippen LogP contribution in [-0.4, -0.2) is 25.9 Å². The molecule has 144 valence electrons. The highest BCUT2D eigenvalue weighted by atomic mass is 19.4. The van der Waals surface area contributed by atoms with Gasteiger partial charge in [0.2, 0.25) is 0 Å². The lowest BCUT2D eigenvalue weighted by atomic mass is 9.92. The zero-order valence-corrected chi connectivity index (χ0v) is 15.1. The molecule has 0 unspecified atom stereocenters. The zero-order valence-electron chi connectivity index (χ0n) is 15.1. The predicted octanol–water partition coefficient (Wildman–Crippen LogP) is 5.18. The molecule has 0 heterocycles. The van der Waals surface area contributed by atoms with Crippen LogP contribution in [0, 0.1) is 5.92 Å². The fraction of sp³-hybridized carbons (Fsp3) is 0.450. The third-order valence-corrected chi connectivity index (χ3v) is 4.29. The highest BCUT2D eigenvalue weighted by Gasteiger charge is 2.64. The number of esters is 1. The van der Waals surface area contributed by atoms with Crippen molar-refractivity contribution >= 4 is 5.97 Å². The second-order valence-corrected chi connectivity index (χ2v) is 6.08. The van der Waals surface area contributed by atoms with Gasteiger partial charge in [0.1, 0.15) is 0 Å². The van der Waals surface area contributed by atoms with Gasteiger partial charge in [-0.1, -0.05) is 48.6 Å². The molecule has 0 aliphatic rings. The normalized spacial score (nSPS) is 15.0. The van der Waals surface area contributed by atoms with Crippen LogP contribution >= 0.6 is 0 Å². The number of hydrogen-bond donors (Lipinski definition) is 0. The maximum atomic E-state index is 13.7. The van der Waals surface area contributed by atoms with Crippen molar-refractivity contribution in [1.82, 2.24) is 0 Å². The van der Waals surface area contributed by atoms with Crippen molar-refractivity contribution in [3.05, 3.63) is 60.7 Å². The van der Waals surface area contributed by atoms with Crippen LogP contribution in [0.1, 0.15) is 31.7 Å². The lowest BCUT2D eigenvalue weighted by Crippen LogP contribution is -2.51. The number of halogens is 3. The van der Waals surface area contributed by atoms with Crippen LogP contribution in [0.25, 0.3) is 0 Å². The first-order valence-corrected chi connectivity index (χ1v) is 8.31. The van der Waals surface area contributed by atoms with Gasteiger partial charge in [-0.3, -0.25) is 0 Å². The van der Waals surface area contributed by atoms with Crippen molar-refractivity contribution in [1.29, 1.82) is 0 Å². The van der Waals surface area contributed by atoms with Crippen molar-refractivity contribution in [3.63, 3.8) is 0 Å². The topological polar surface area (TPSA) is 35.5 Å². The van der Waals surface area contributed by atoms with E-state index in [2.05, 4.69) is 17.9 Å². The summed E-state index contributed by atoms with van der Waals surface area (Å²) in [6, 6.07) is 6.77. The fourth-order valence-corrected chi connectivity index (χ4v) is 2.74. The van der Waals surface area contributed by atoms with E-state index in [0.29, 0.717) is 6.42 Å². The van der Waals surface area contributed by atoms with Crippen LogP contribution in [0.4, 0.5) is 13.2 Å². The Morgan fingerprint density at radius 1 is 1.23 bits per heavy atom. The second kappa shape index (κ2) is 9.57. The Hall–Kier alpha value is -2.08. The molecule has 1 aromatic rings. The quantitative estimate of drug-likeness (QED) is 0.420. The predicted molar refractivity (Wildman–Crippen MR) is 94.5 cm³/mol. The molecule has 0 aliphatic carbocycles. The van der Waals surface area contributed by atoms with Gasteiger partial charge >= 0.3 is 12.1 Å². The highest BCUT2D eigenvalue weighted by molar-refractivity contribution is 5.82. The number of carbonyl (C=O) groups excluding carboxylic acids is 1. The number of alkyl halides is 3. The molecule has 0 radical (unpaired) electrons. The average Bonchev–Trinajstić information content (AvgIpc) is 2.58. The van der Waals surface area contributed by atoms with E-state index in [4.69, 9.17) is 4.74 Å². The van der Waals surface area contributed by atoms with E-state index >= 15 is 0 Å². The summed E-state index contributed by atoms with van der Waals surface area (Å²) in [6.07, 6.45) is -1.31. The SMILES string of the molecule is C=CCC[C@H](CCOC(=O)[C@@](OC)(c1ccccc1)C(F)(F)F)C(=C)C.